The number of aryl methyl sites for hydroxylation is 1. The number of aliphatic carboxylic acids is 1. The van der Waals surface area contributed by atoms with E-state index < -0.39 is 12.0 Å². The van der Waals surface area contributed by atoms with Gasteiger partial charge in [0.1, 0.15) is 17.4 Å². The van der Waals surface area contributed by atoms with Crippen molar-refractivity contribution in [2.24, 2.45) is 7.05 Å². The van der Waals surface area contributed by atoms with Gasteiger partial charge in [0.15, 0.2) is 5.82 Å². The van der Waals surface area contributed by atoms with Gasteiger partial charge in [0.25, 0.3) is 0 Å². The molecule has 0 bridgehead atoms. The van der Waals surface area contributed by atoms with Gasteiger partial charge in [-0.1, -0.05) is 0 Å². The van der Waals surface area contributed by atoms with E-state index in [0.717, 1.165) is 11.9 Å². The molecule has 24 heavy (non-hydrogen) atoms. The molecule has 1 atom stereocenters. The lowest BCUT2D eigenvalue weighted by Crippen LogP contribution is -2.37. The maximum absolute atomic E-state index is 11.4. The van der Waals surface area contributed by atoms with Gasteiger partial charge in [-0.15, -0.1) is 5.10 Å². The number of nitrogens with zero attached hydrogens (tertiary/aromatic N) is 6. The summed E-state index contributed by atoms with van der Waals surface area (Å²) in [5, 5.41) is 17.0. The van der Waals surface area contributed by atoms with E-state index in [1.165, 1.54) is 0 Å². The van der Waals surface area contributed by atoms with E-state index in [-0.39, 0.29) is 0 Å². The van der Waals surface area contributed by atoms with Crippen LogP contribution in [0.2, 0.25) is 0 Å². The number of fused-ring (bicyclic) bond motifs is 1. The Kier molecular flexibility index (Phi) is 3.33. The number of carboxylic acids is 1. The Morgan fingerprint density at radius 1 is 1.46 bits per heavy atom. The summed E-state index contributed by atoms with van der Waals surface area (Å²) in [4.78, 5) is 22.0. The molecule has 2 N–H and O–H groups in total. The SMILES string of the molecule is Cn1cnc(Nc2nc(N3CCCC3C(=O)O)nn3cccc23)c1. The highest BCUT2D eigenvalue weighted by molar-refractivity contribution is 5.79. The predicted octanol–water partition coefficient (Wildman–Crippen LogP) is 1.26. The molecule has 4 heterocycles. The van der Waals surface area contributed by atoms with Gasteiger partial charge >= 0.3 is 5.97 Å². The van der Waals surface area contributed by atoms with Gasteiger partial charge in [-0.3, -0.25) is 0 Å². The van der Waals surface area contributed by atoms with Crippen molar-refractivity contribution in [2.45, 2.75) is 18.9 Å². The first kappa shape index (κ1) is 14.5. The van der Waals surface area contributed by atoms with Gasteiger partial charge < -0.3 is 19.9 Å². The first-order valence-corrected chi connectivity index (χ1v) is 7.71. The van der Waals surface area contributed by atoms with Crippen molar-refractivity contribution in [3.8, 4) is 0 Å². The van der Waals surface area contributed by atoms with Crippen molar-refractivity contribution < 1.29 is 9.90 Å². The lowest BCUT2D eigenvalue weighted by Gasteiger charge is -2.22. The van der Waals surface area contributed by atoms with Crippen LogP contribution in [0.15, 0.2) is 30.9 Å². The monoisotopic (exact) mass is 327 g/mol. The molecule has 0 spiro atoms. The van der Waals surface area contributed by atoms with Crippen LogP contribution in [-0.4, -0.2) is 47.8 Å². The number of hydrogen-bond donors (Lipinski definition) is 2. The molecule has 0 aliphatic carbocycles. The second-order valence-corrected chi connectivity index (χ2v) is 5.84. The Bertz CT molecular complexity index is 900. The molecule has 3 aromatic rings. The van der Waals surface area contributed by atoms with E-state index >= 15 is 0 Å². The highest BCUT2D eigenvalue weighted by Gasteiger charge is 2.33. The van der Waals surface area contributed by atoms with Crippen molar-refractivity contribution >= 4 is 29.1 Å². The predicted molar refractivity (Wildman–Crippen MR) is 87.5 cm³/mol. The topological polar surface area (TPSA) is 101 Å². The van der Waals surface area contributed by atoms with Crippen LogP contribution in [0.3, 0.4) is 0 Å². The van der Waals surface area contributed by atoms with Crippen LogP contribution in [0.1, 0.15) is 12.8 Å². The first-order valence-electron chi connectivity index (χ1n) is 7.71. The average Bonchev–Trinajstić information content (AvgIpc) is 3.26. The summed E-state index contributed by atoms with van der Waals surface area (Å²) in [5.41, 5.74) is 0.801. The zero-order chi connectivity index (χ0) is 16.7. The maximum atomic E-state index is 11.4. The quantitative estimate of drug-likeness (QED) is 0.744. The highest BCUT2D eigenvalue weighted by atomic mass is 16.4. The fourth-order valence-corrected chi connectivity index (χ4v) is 3.00. The third-order valence-electron chi connectivity index (χ3n) is 4.13. The smallest absolute Gasteiger partial charge is 0.326 e. The molecular formula is C15H17N7O2. The van der Waals surface area contributed by atoms with Crippen molar-refractivity contribution in [1.82, 2.24) is 24.1 Å². The van der Waals surface area contributed by atoms with E-state index in [4.69, 9.17) is 0 Å². The molecule has 1 fully saturated rings. The number of carboxylic acid groups (broad SMARTS) is 1. The summed E-state index contributed by atoms with van der Waals surface area (Å²) in [6.45, 7) is 0.632. The molecule has 0 aromatic carbocycles. The van der Waals surface area contributed by atoms with Crippen molar-refractivity contribution in [3.05, 3.63) is 30.9 Å². The first-order chi connectivity index (χ1) is 11.6. The molecule has 9 nitrogen and oxygen atoms in total. The molecule has 124 valence electrons. The van der Waals surface area contributed by atoms with Crippen LogP contribution in [0, 0.1) is 0 Å². The summed E-state index contributed by atoms with van der Waals surface area (Å²) >= 11 is 0. The van der Waals surface area contributed by atoms with Crippen LogP contribution < -0.4 is 10.2 Å². The number of imidazole rings is 1. The van der Waals surface area contributed by atoms with Crippen LogP contribution in [0.5, 0.6) is 0 Å². The Labute approximate surface area is 137 Å². The number of rotatable bonds is 4. The Morgan fingerprint density at radius 2 is 2.33 bits per heavy atom. The molecule has 0 amide bonds. The van der Waals surface area contributed by atoms with Gasteiger partial charge in [0.05, 0.1) is 6.33 Å². The van der Waals surface area contributed by atoms with E-state index in [0.29, 0.717) is 30.5 Å². The lowest BCUT2D eigenvalue weighted by molar-refractivity contribution is -0.138. The third-order valence-corrected chi connectivity index (χ3v) is 4.13. The average molecular weight is 327 g/mol. The summed E-state index contributed by atoms with van der Waals surface area (Å²) in [6, 6.07) is 3.18. The Morgan fingerprint density at radius 3 is 3.08 bits per heavy atom. The van der Waals surface area contributed by atoms with Crippen LogP contribution in [0.4, 0.5) is 17.6 Å². The Balaban J connectivity index is 1.76. The van der Waals surface area contributed by atoms with E-state index in [2.05, 4.69) is 20.4 Å². The van der Waals surface area contributed by atoms with Gasteiger partial charge in [-0.05, 0) is 25.0 Å². The minimum atomic E-state index is -0.845. The largest absolute Gasteiger partial charge is 0.480 e. The zero-order valence-electron chi connectivity index (χ0n) is 13.1. The number of carbonyl (C=O) groups is 1. The molecule has 1 aliphatic heterocycles. The number of nitrogens with one attached hydrogen (secondary N) is 1. The summed E-state index contributed by atoms with van der Waals surface area (Å²) in [6.07, 6.45) is 6.77. The van der Waals surface area contributed by atoms with Crippen molar-refractivity contribution in [3.63, 3.8) is 0 Å². The Hall–Kier alpha value is -3.10. The third kappa shape index (κ3) is 2.43. The standard InChI is InChI=1S/C15H17N7O2/c1-20-8-12(16-9-20)17-13-10-4-3-7-22(10)19-15(18-13)21-6-2-5-11(21)14(23)24/h3-4,7-9,11H,2,5-6H2,1H3,(H,23,24)(H,17,18,19). The van der Waals surface area contributed by atoms with Crippen LogP contribution in [-0.2, 0) is 11.8 Å². The molecule has 3 aromatic heterocycles. The highest BCUT2D eigenvalue weighted by Crippen LogP contribution is 2.26. The minimum absolute atomic E-state index is 0.405. The normalized spacial score (nSPS) is 17.5. The molecule has 1 unspecified atom stereocenters. The van der Waals surface area contributed by atoms with E-state index in [1.807, 2.05) is 36.1 Å². The van der Waals surface area contributed by atoms with Crippen molar-refractivity contribution in [1.29, 1.82) is 0 Å². The maximum Gasteiger partial charge on any atom is 0.326 e. The van der Waals surface area contributed by atoms with E-state index in [1.54, 1.807) is 15.7 Å². The second kappa shape index (κ2) is 5.52. The minimum Gasteiger partial charge on any atom is -0.480 e. The molecule has 9 heteroatoms. The number of hydrogen-bond acceptors (Lipinski definition) is 6. The second-order valence-electron chi connectivity index (χ2n) is 5.84. The van der Waals surface area contributed by atoms with Gasteiger partial charge in [-0.25, -0.2) is 14.3 Å². The van der Waals surface area contributed by atoms with Gasteiger partial charge in [0.2, 0.25) is 5.95 Å². The fraction of sp³-hybridized carbons (Fsp3) is 0.333. The number of aromatic nitrogens is 5. The van der Waals surface area contributed by atoms with Gasteiger partial charge in [-0.2, -0.15) is 4.98 Å². The molecule has 1 saturated heterocycles. The molecule has 0 radical (unpaired) electrons. The van der Waals surface area contributed by atoms with Crippen LogP contribution in [0.25, 0.3) is 5.52 Å². The number of anilines is 3. The zero-order valence-corrected chi connectivity index (χ0v) is 13.1. The van der Waals surface area contributed by atoms with E-state index in [9.17, 15) is 9.90 Å². The lowest BCUT2D eigenvalue weighted by atomic mass is 10.2. The summed E-state index contributed by atoms with van der Waals surface area (Å²) in [7, 11) is 1.89. The van der Waals surface area contributed by atoms with Crippen molar-refractivity contribution in [2.75, 3.05) is 16.8 Å². The fourth-order valence-electron chi connectivity index (χ4n) is 3.00. The molecule has 1 aliphatic rings. The molecule has 4 rings (SSSR count). The summed E-state index contributed by atoms with van der Waals surface area (Å²) < 4.78 is 3.53. The van der Waals surface area contributed by atoms with Gasteiger partial charge in [0, 0.05) is 26.0 Å². The summed E-state index contributed by atoms with van der Waals surface area (Å²) in [5.74, 6) is 0.825. The van der Waals surface area contributed by atoms with Crippen LogP contribution >= 0.6 is 0 Å². The molecule has 0 saturated carbocycles. The molecular weight excluding hydrogens is 310 g/mol.